The first-order valence-electron chi connectivity index (χ1n) is 4.71. The molecule has 0 spiro atoms. The second-order valence-electron chi connectivity index (χ2n) is 3.73. The van der Waals surface area contributed by atoms with Crippen LogP contribution in [0.5, 0.6) is 5.75 Å². The predicted molar refractivity (Wildman–Crippen MR) is 59.9 cm³/mol. The van der Waals surface area contributed by atoms with Gasteiger partial charge in [-0.3, -0.25) is 0 Å². The van der Waals surface area contributed by atoms with Gasteiger partial charge < -0.3 is 10.5 Å². The number of thioether (sulfide) groups is 1. The molecule has 1 aliphatic rings. The van der Waals surface area contributed by atoms with Gasteiger partial charge in [0.15, 0.2) is 0 Å². The SMILES string of the molecule is COc1ccc(C2(N)CC2)cc1SC. The van der Waals surface area contributed by atoms with Gasteiger partial charge in [-0.25, -0.2) is 0 Å². The maximum atomic E-state index is 6.13. The van der Waals surface area contributed by atoms with E-state index >= 15 is 0 Å². The number of hydrogen-bond donors (Lipinski definition) is 1. The van der Waals surface area contributed by atoms with E-state index in [1.54, 1.807) is 18.9 Å². The van der Waals surface area contributed by atoms with Gasteiger partial charge in [0.05, 0.1) is 7.11 Å². The molecule has 76 valence electrons. The predicted octanol–water partition coefficient (Wildman–Crippen LogP) is 2.36. The second kappa shape index (κ2) is 3.48. The van der Waals surface area contributed by atoms with Crippen molar-refractivity contribution in [2.24, 2.45) is 5.73 Å². The fourth-order valence-electron chi connectivity index (χ4n) is 1.57. The van der Waals surface area contributed by atoms with Gasteiger partial charge in [-0.05, 0) is 36.8 Å². The van der Waals surface area contributed by atoms with E-state index in [-0.39, 0.29) is 5.54 Å². The van der Waals surface area contributed by atoms with Crippen LogP contribution >= 0.6 is 11.8 Å². The van der Waals surface area contributed by atoms with Crippen molar-refractivity contribution in [3.8, 4) is 5.75 Å². The Morgan fingerprint density at radius 3 is 2.64 bits per heavy atom. The summed E-state index contributed by atoms with van der Waals surface area (Å²) in [5, 5.41) is 0. The van der Waals surface area contributed by atoms with E-state index in [9.17, 15) is 0 Å². The molecule has 0 saturated heterocycles. The summed E-state index contributed by atoms with van der Waals surface area (Å²) < 4.78 is 5.26. The summed E-state index contributed by atoms with van der Waals surface area (Å²) in [7, 11) is 1.70. The van der Waals surface area contributed by atoms with Crippen molar-refractivity contribution in [3.63, 3.8) is 0 Å². The van der Waals surface area contributed by atoms with Gasteiger partial charge in [-0.15, -0.1) is 11.8 Å². The summed E-state index contributed by atoms with van der Waals surface area (Å²) in [6.45, 7) is 0. The van der Waals surface area contributed by atoms with Crippen molar-refractivity contribution in [1.82, 2.24) is 0 Å². The highest BCUT2D eigenvalue weighted by molar-refractivity contribution is 7.98. The van der Waals surface area contributed by atoms with Crippen LogP contribution in [0, 0.1) is 0 Å². The zero-order valence-electron chi connectivity index (χ0n) is 8.54. The molecule has 1 aromatic carbocycles. The third kappa shape index (κ3) is 1.62. The fraction of sp³-hybridized carbons (Fsp3) is 0.455. The summed E-state index contributed by atoms with van der Waals surface area (Å²) in [4.78, 5) is 1.17. The molecule has 2 nitrogen and oxygen atoms in total. The molecule has 2 rings (SSSR count). The highest BCUT2D eigenvalue weighted by Crippen LogP contribution is 2.44. The standard InChI is InChI=1S/C11H15NOS/c1-13-9-4-3-8(7-10(9)14-2)11(12)5-6-11/h3-4,7H,5-6,12H2,1-2H3. The number of benzene rings is 1. The fourth-order valence-corrected chi connectivity index (χ4v) is 2.17. The molecule has 3 heteroatoms. The van der Waals surface area contributed by atoms with E-state index in [0.29, 0.717) is 0 Å². The molecule has 0 heterocycles. The lowest BCUT2D eigenvalue weighted by atomic mass is 10.1. The molecule has 0 aromatic heterocycles. The van der Waals surface area contributed by atoms with Gasteiger partial charge in [-0.1, -0.05) is 6.07 Å². The Hall–Kier alpha value is -0.670. The topological polar surface area (TPSA) is 35.2 Å². The highest BCUT2D eigenvalue weighted by atomic mass is 32.2. The van der Waals surface area contributed by atoms with E-state index in [1.807, 2.05) is 6.07 Å². The molecule has 1 aliphatic carbocycles. The van der Waals surface area contributed by atoms with E-state index in [2.05, 4.69) is 18.4 Å². The van der Waals surface area contributed by atoms with Crippen molar-refractivity contribution in [3.05, 3.63) is 23.8 Å². The molecule has 14 heavy (non-hydrogen) atoms. The zero-order chi connectivity index (χ0) is 10.2. The molecule has 0 bridgehead atoms. The summed E-state index contributed by atoms with van der Waals surface area (Å²) >= 11 is 1.70. The molecule has 0 amide bonds. The number of rotatable bonds is 3. The Morgan fingerprint density at radius 2 is 2.14 bits per heavy atom. The van der Waals surface area contributed by atoms with E-state index < -0.39 is 0 Å². The quantitative estimate of drug-likeness (QED) is 0.776. The van der Waals surface area contributed by atoms with Gasteiger partial charge in [0.1, 0.15) is 5.75 Å². The first-order chi connectivity index (χ1) is 6.69. The normalized spacial score (nSPS) is 17.9. The molecule has 1 saturated carbocycles. The van der Waals surface area contributed by atoms with Crippen LogP contribution in [-0.4, -0.2) is 13.4 Å². The average Bonchev–Trinajstić information content (AvgIpc) is 2.97. The molecule has 2 N–H and O–H groups in total. The van der Waals surface area contributed by atoms with Gasteiger partial charge in [0.25, 0.3) is 0 Å². The van der Waals surface area contributed by atoms with Crippen molar-refractivity contribution in [1.29, 1.82) is 0 Å². The number of ether oxygens (including phenoxy) is 1. The zero-order valence-corrected chi connectivity index (χ0v) is 9.36. The molecule has 0 unspecified atom stereocenters. The van der Waals surface area contributed by atoms with Gasteiger partial charge >= 0.3 is 0 Å². The summed E-state index contributed by atoms with van der Waals surface area (Å²) in [6.07, 6.45) is 4.26. The van der Waals surface area contributed by atoms with E-state index in [0.717, 1.165) is 18.6 Å². The van der Waals surface area contributed by atoms with E-state index in [1.165, 1.54) is 10.5 Å². The third-order valence-corrected chi connectivity index (χ3v) is 3.51. The Labute approximate surface area is 88.8 Å². The average molecular weight is 209 g/mol. The van der Waals surface area contributed by atoms with Crippen molar-refractivity contribution in [2.75, 3.05) is 13.4 Å². The Kier molecular flexibility index (Phi) is 2.45. The van der Waals surface area contributed by atoms with Gasteiger partial charge in [0, 0.05) is 10.4 Å². The Bertz CT molecular complexity index is 347. The van der Waals surface area contributed by atoms with Crippen LogP contribution in [0.25, 0.3) is 0 Å². The van der Waals surface area contributed by atoms with Crippen LogP contribution in [0.15, 0.2) is 23.1 Å². The van der Waals surface area contributed by atoms with Gasteiger partial charge in [-0.2, -0.15) is 0 Å². The number of nitrogens with two attached hydrogens (primary N) is 1. The van der Waals surface area contributed by atoms with Crippen molar-refractivity contribution >= 4 is 11.8 Å². The lowest BCUT2D eigenvalue weighted by Gasteiger charge is -2.12. The van der Waals surface area contributed by atoms with Crippen molar-refractivity contribution < 1.29 is 4.74 Å². The molecule has 1 fully saturated rings. The van der Waals surface area contributed by atoms with Crippen molar-refractivity contribution in [2.45, 2.75) is 23.3 Å². The molecule has 0 aliphatic heterocycles. The lowest BCUT2D eigenvalue weighted by molar-refractivity contribution is 0.404. The Morgan fingerprint density at radius 1 is 1.43 bits per heavy atom. The van der Waals surface area contributed by atoms with Crippen LogP contribution in [0.1, 0.15) is 18.4 Å². The lowest BCUT2D eigenvalue weighted by Crippen LogP contribution is -2.18. The minimum atomic E-state index is -0.0449. The maximum absolute atomic E-state index is 6.13. The molecule has 0 radical (unpaired) electrons. The highest BCUT2D eigenvalue weighted by Gasteiger charge is 2.40. The molecular weight excluding hydrogens is 194 g/mol. The molecular formula is C11H15NOS. The summed E-state index contributed by atoms with van der Waals surface area (Å²) in [6, 6.07) is 6.23. The van der Waals surface area contributed by atoms with Crippen LogP contribution in [0.3, 0.4) is 0 Å². The smallest absolute Gasteiger partial charge is 0.132 e. The summed E-state index contributed by atoms with van der Waals surface area (Å²) in [5.41, 5.74) is 7.33. The Balaban J connectivity index is 2.36. The molecule has 1 aromatic rings. The van der Waals surface area contributed by atoms with Crippen LogP contribution in [0.4, 0.5) is 0 Å². The van der Waals surface area contributed by atoms with Crippen LogP contribution in [0.2, 0.25) is 0 Å². The monoisotopic (exact) mass is 209 g/mol. The summed E-state index contributed by atoms with van der Waals surface area (Å²) in [5.74, 6) is 0.936. The minimum absolute atomic E-state index is 0.0449. The molecule has 0 atom stereocenters. The minimum Gasteiger partial charge on any atom is -0.496 e. The number of methoxy groups -OCH3 is 1. The number of hydrogen-bond acceptors (Lipinski definition) is 3. The first-order valence-corrected chi connectivity index (χ1v) is 5.93. The first kappa shape index (κ1) is 9.87. The van der Waals surface area contributed by atoms with Crippen LogP contribution in [-0.2, 0) is 5.54 Å². The van der Waals surface area contributed by atoms with E-state index in [4.69, 9.17) is 10.5 Å². The maximum Gasteiger partial charge on any atom is 0.132 e. The second-order valence-corrected chi connectivity index (χ2v) is 4.57. The van der Waals surface area contributed by atoms with Gasteiger partial charge in [0.2, 0.25) is 0 Å². The largest absolute Gasteiger partial charge is 0.496 e. The van der Waals surface area contributed by atoms with Crippen LogP contribution < -0.4 is 10.5 Å². The third-order valence-electron chi connectivity index (χ3n) is 2.75.